The van der Waals surface area contributed by atoms with Crippen LogP contribution < -0.4 is 10.6 Å². The van der Waals surface area contributed by atoms with Crippen LogP contribution in [0.25, 0.3) is 0 Å². The van der Waals surface area contributed by atoms with Crippen LogP contribution in [0.5, 0.6) is 0 Å². The van der Waals surface area contributed by atoms with Crippen LogP contribution in [-0.2, 0) is 6.42 Å². The van der Waals surface area contributed by atoms with Gasteiger partial charge in [0.2, 0.25) is 0 Å². The molecule has 0 aromatic heterocycles. The van der Waals surface area contributed by atoms with Gasteiger partial charge in [0.1, 0.15) is 0 Å². The summed E-state index contributed by atoms with van der Waals surface area (Å²) in [5, 5.41) is 0. The topological polar surface area (TPSA) is 29.3 Å². The molecule has 112 valence electrons. The predicted octanol–water partition coefficient (Wildman–Crippen LogP) is 4.36. The largest absolute Gasteiger partial charge is 0.371 e. The van der Waals surface area contributed by atoms with Crippen LogP contribution in [0.4, 0.5) is 5.69 Å². The van der Waals surface area contributed by atoms with Crippen molar-refractivity contribution in [3.63, 3.8) is 0 Å². The number of nitrogens with two attached hydrogens (primary N) is 1. The summed E-state index contributed by atoms with van der Waals surface area (Å²) < 4.78 is 1.21. The molecule has 2 unspecified atom stereocenters. The summed E-state index contributed by atoms with van der Waals surface area (Å²) in [4.78, 5) is 2.53. The Labute approximate surface area is 131 Å². The Morgan fingerprint density at radius 1 is 1.40 bits per heavy atom. The molecular formula is C17H27BrN2. The first kappa shape index (κ1) is 15.8. The molecule has 0 aliphatic carbocycles. The third-order valence-corrected chi connectivity index (χ3v) is 5.24. The lowest BCUT2D eigenvalue weighted by atomic mass is 9.95. The van der Waals surface area contributed by atoms with E-state index in [2.05, 4.69) is 52.9 Å². The fourth-order valence-electron chi connectivity index (χ4n) is 2.96. The van der Waals surface area contributed by atoms with Crippen LogP contribution in [-0.4, -0.2) is 19.1 Å². The molecule has 1 aromatic carbocycles. The maximum Gasteiger partial charge on any atom is 0.0377 e. The van der Waals surface area contributed by atoms with E-state index in [1.807, 2.05) is 0 Å². The van der Waals surface area contributed by atoms with Gasteiger partial charge in [-0.2, -0.15) is 0 Å². The Kier molecular flexibility index (Phi) is 5.91. The highest BCUT2D eigenvalue weighted by molar-refractivity contribution is 9.10. The highest BCUT2D eigenvalue weighted by Crippen LogP contribution is 2.29. The van der Waals surface area contributed by atoms with Crippen LogP contribution in [0, 0.1) is 5.92 Å². The van der Waals surface area contributed by atoms with Crippen molar-refractivity contribution < 1.29 is 0 Å². The van der Waals surface area contributed by atoms with Gasteiger partial charge in [0.05, 0.1) is 0 Å². The highest BCUT2D eigenvalue weighted by atomic mass is 79.9. The van der Waals surface area contributed by atoms with E-state index in [0.29, 0.717) is 0 Å². The van der Waals surface area contributed by atoms with E-state index >= 15 is 0 Å². The van der Waals surface area contributed by atoms with E-state index in [1.165, 1.54) is 48.1 Å². The Balaban J connectivity index is 2.08. The number of nitrogens with zero attached hydrogens (tertiary/aromatic N) is 1. The average molecular weight is 339 g/mol. The number of hydrogen-bond donors (Lipinski definition) is 1. The maximum absolute atomic E-state index is 6.06. The van der Waals surface area contributed by atoms with Crippen LogP contribution in [0.2, 0.25) is 0 Å². The van der Waals surface area contributed by atoms with Gasteiger partial charge in [-0.1, -0.05) is 42.3 Å². The summed E-state index contributed by atoms with van der Waals surface area (Å²) in [6.07, 6.45) is 5.98. The second-order valence-electron chi connectivity index (χ2n) is 6.01. The maximum atomic E-state index is 6.06. The molecule has 1 saturated heterocycles. The van der Waals surface area contributed by atoms with E-state index in [-0.39, 0.29) is 6.04 Å². The minimum atomic E-state index is 0.261. The van der Waals surface area contributed by atoms with Crippen LogP contribution >= 0.6 is 15.9 Å². The minimum absolute atomic E-state index is 0.261. The SMILES string of the molecule is CCC(N)Cc1ccc(N2CCCC(CC)C2)cc1Br. The van der Waals surface area contributed by atoms with Gasteiger partial charge < -0.3 is 10.6 Å². The number of hydrogen-bond acceptors (Lipinski definition) is 2. The standard InChI is InChI=1S/C17H27BrN2/c1-3-13-6-5-9-20(12-13)16-8-7-14(17(18)11-16)10-15(19)4-2/h7-8,11,13,15H,3-6,9-10,12,19H2,1-2H3. The lowest BCUT2D eigenvalue weighted by Gasteiger charge is -2.34. The Morgan fingerprint density at radius 3 is 2.85 bits per heavy atom. The van der Waals surface area contributed by atoms with Gasteiger partial charge in [0.15, 0.2) is 0 Å². The fourth-order valence-corrected chi connectivity index (χ4v) is 3.49. The smallest absolute Gasteiger partial charge is 0.0377 e. The van der Waals surface area contributed by atoms with E-state index in [1.54, 1.807) is 0 Å². The van der Waals surface area contributed by atoms with Crippen LogP contribution in [0.3, 0.4) is 0 Å². The Hall–Kier alpha value is -0.540. The second kappa shape index (κ2) is 7.46. The minimum Gasteiger partial charge on any atom is -0.371 e. The number of rotatable bonds is 5. The zero-order chi connectivity index (χ0) is 14.5. The van der Waals surface area contributed by atoms with Gasteiger partial charge in [0.25, 0.3) is 0 Å². The van der Waals surface area contributed by atoms with Gasteiger partial charge in [-0.3, -0.25) is 0 Å². The average Bonchev–Trinajstić information content (AvgIpc) is 2.49. The third kappa shape index (κ3) is 3.98. The first-order chi connectivity index (χ1) is 9.63. The molecule has 1 aliphatic rings. The van der Waals surface area contributed by atoms with Crippen molar-refractivity contribution in [2.24, 2.45) is 11.7 Å². The molecule has 3 heteroatoms. The van der Waals surface area contributed by atoms with E-state index in [9.17, 15) is 0 Å². The van der Waals surface area contributed by atoms with Crippen molar-refractivity contribution in [3.05, 3.63) is 28.2 Å². The molecule has 1 aromatic rings. The van der Waals surface area contributed by atoms with Gasteiger partial charge in [-0.25, -0.2) is 0 Å². The first-order valence-corrected chi connectivity index (χ1v) is 8.72. The van der Waals surface area contributed by atoms with E-state index < -0.39 is 0 Å². The van der Waals surface area contributed by atoms with Crippen LogP contribution in [0.1, 0.15) is 45.1 Å². The molecule has 1 fully saturated rings. The van der Waals surface area contributed by atoms with E-state index in [4.69, 9.17) is 5.73 Å². The van der Waals surface area contributed by atoms with Gasteiger partial charge in [-0.15, -0.1) is 0 Å². The Morgan fingerprint density at radius 2 is 2.20 bits per heavy atom. The zero-order valence-electron chi connectivity index (χ0n) is 12.7. The number of halogens is 1. The molecule has 1 aliphatic heterocycles. The van der Waals surface area contributed by atoms with E-state index in [0.717, 1.165) is 18.8 Å². The molecule has 2 nitrogen and oxygen atoms in total. The normalized spacial score (nSPS) is 21.0. The molecule has 2 atom stereocenters. The molecule has 0 radical (unpaired) electrons. The molecule has 20 heavy (non-hydrogen) atoms. The number of anilines is 1. The first-order valence-electron chi connectivity index (χ1n) is 7.93. The molecule has 2 N–H and O–H groups in total. The Bertz CT molecular complexity index is 433. The molecule has 0 saturated carbocycles. The van der Waals surface area contributed by atoms with Gasteiger partial charge in [0, 0.05) is 29.3 Å². The predicted molar refractivity (Wildman–Crippen MR) is 91.3 cm³/mol. The molecular weight excluding hydrogens is 312 g/mol. The quantitative estimate of drug-likeness (QED) is 0.864. The van der Waals surface area contributed by atoms with Crippen molar-refractivity contribution >= 4 is 21.6 Å². The monoisotopic (exact) mass is 338 g/mol. The second-order valence-corrected chi connectivity index (χ2v) is 6.87. The fraction of sp³-hybridized carbons (Fsp3) is 0.647. The summed E-state index contributed by atoms with van der Waals surface area (Å²) >= 11 is 3.72. The number of piperidine rings is 1. The molecule has 2 rings (SSSR count). The summed E-state index contributed by atoms with van der Waals surface area (Å²) in [7, 11) is 0. The molecule has 0 spiro atoms. The lowest BCUT2D eigenvalue weighted by Crippen LogP contribution is -2.35. The van der Waals surface area contributed by atoms with Gasteiger partial charge in [-0.05, 0) is 49.3 Å². The highest BCUT2D eigenvalue weighted by Gasteiger charge is 2.19. The molecule has 0 bridgehead atoms. The number of benzene rings is 1. The van der Waals surface area contributed by atoms with Crippen molar-refractivity contribution in [3.8, 4) is 0 Å². The van der Waals surface area contributed by atoms with Crippen molar-refractivity contribution in [2.75, 3.05) is 18.0 Å². The van der Waals surface area contributed by atoms with Crippen LogP contribution in [0.15, 0.2) is 22.7 Å². The lowest BCUT2D eigenvalue weighted by molar-refractivity contribution is 0.404. The third-order valence-electron chi connectivity index (χ3n) is 4.50. The van der Waals surface area contributed by atoms with Crippen molar-refractivity contribution in [2.45, 2.75) is 52.0 Å². The molecule has 1 heterocycles. The van der Waals surface area contributed by atoms with Crippen molar-refractivity contribution in [1.29, 1.82) is 0 Å². The van der Waals surface area contributed by atoms with Crippen molar-refractivity contribution in [1.82, 2.24) is 0 Å². The molecule has 0 amide bonds. The summed E-state index contributed by atoms with van der Waals surface area (Å²) in [5.41, 5.74) is 8.74. The van der Waals surface area contributed by atoms with Gasteiger partial charge >= 0.3 is 0 Å². The zero-order valence-corrected chi connectivity index (χ0v) is 14.3. The summed E-state index contributed by atoms with van der Waals surface area (Å²) in [6.45, 7) is 6.85. The summed E-state index contributed by atoms with van der Waals surface area (Å²) in [6, 6.07) is 7.04. The summed E-state index contributed by atoms with van der Waals surface area (Å²) in [5.74, 6) is 0.857.